The van der Waals surface area contributed by atoms with Gasteiger partial charge in [-0.2, -0.15) is 5.26 Å². The number of rotatable bonds is 3. The predicted octanol–water partition coefficient (Wildman–Crippen LogP) is 4.80. The molecule has 1 aromatic heterocycles. The zero-order valence-corrected chi connectivity index (χ0v) is 14.0. The van der Waals surface area contributed by atoms with E-state index in [9.17, 15) is 10.1 Å². The lowest BCUT2D eigenvalue weighted by Gasteiger charge is -2.09. The van der Waals surface area contributed by atoms with E-state index in [1.54, 1.807) is 12.1 Å². The van der Waals surface area contributed by atoms with Gasteiger partial charge in [0.25, 0.3) is 0 Å². The number of aryl methyl sites for hydroxylation is 1. The van der Waals surface area contributed by atoms with Crippen LogP contribution in [-0.4, -0.2) is 5.91 Å². The van der Waals surface area contributed by atoms with Crippen LogP contribution in [0, 0.1) is 11.3 Å². The number of nitrogens with one attached hydrogen (secondary N) is 1. The number of carbonyl (C=O) groups is 1. The highest BCUT2D eigenvalue weighted by molar-refractivity contribution is 7.16. The zero-order chi connectivity index (χ0) is 16.2. The Balaban J connectivity index is 1.77. The Morgan fingerprint density at radius 2 is 2.09 bits per heavy atom. The monoisotopic (exact) mass is 342 g/mol. The molecule has 1 aliphatic carbocycles. The highest BCUT2D eigenvalue weighted by Gasteiger charge is 2.21. The minimum atomic E-state index is -0.250. The topological polar surface area (TPSA) is 52.9 Å². The maximum Gasteiger partial charge on any atom is 0.249 e. The molecular formula is C18H15ClN2OS. The number of halogens is 1. The fourth-order valence-electron chi connectivity index (χ4n) is 2.70. The molecule has 116 valence electrons. The Hall–Kier alpha value is -2.09. The minimum absolute atomic E-state index is 0.250. The number of hydrogen-bond acceptors (Lipinski definition) is 3. The maximum absolute atomic E-state index is 12.1. The van der Waals surface area contributed by atoms with E-state index in [4.69, 9.17) is 11.6 Å². The summed E-state index contributed by atoms with van der Waals surface area (Å²) in [6.07, 6.45) is 7.31. The molecule has 0 atom stereocenters. The Morgan fingerprint density at radius 1 is 1.30 bits per heavy atom. The van der Waals surface area contributed by atoms with Gasteiger partial charge < -0.3 is 5.32 Å². The van der Waals surface area contributed by atoms with Gasteiger partial charge in [-0.15, -0.1) is 11.3 Å². The molecule has 5 heteroatoms. The molecule has 1 aromatic carbocycles. The van der Waals surface area contributed by atoms with E-state index in [0.717, 1.165) is 36.8 Å². The summed E-state index contributed by atoms with van der Waals surface area (Å²) in [7, 11) is 0. The summed E-state index contributed by atoms with van der Waals surface area (Å²) in [5, 5.41) is 13.5. The smallest absolute Gasteiger partial charge is 0.249 e. The summed E-state index contributed by atoms with van der Waals surface area (Å²) in [6, 6.07) is 9.57. The number of fused-ring (bicyclic) bond motifs is 1. The molecule has 0 radical (unpaired) electrons. The van der Waals surface area contributed by atoms with Crippen molar-refractivity contribution in [2.45, 2.75) is 25.7 Å². The third-order valence-corrected chi connectivity index (χ3v) is 5.39. The highest BCUT2D eigenvalue weighted by Crippen LogP contribution is 2.37. The molecule has 1 amide bonds. The standard InChI is InChI=1S/C18H15ClN2OS/c19-15-7-3-1-5-12(15)9-10-17(22)21-18-14(11-20)13-6-2-4-8-16(13)23-18/h1,3,5,7,9-10H,2,4,6,8H2,(H,21,22). The van der Waals surface area contributed by atoms with Crippen molar-refractivity contribution in [3.63, 3.8) is 0 Å². The molecule has 0 saturated heterocycles. The Labute approximate surface area is 144 Å². The van der Waals surface area contributed by atoms with Crippen LogP contribution in [0.4, 0.5) is 5.00 Å². The van der Waals surface area contributed by atoms with E-state index in [1.165, 1.54) is 22.3 Å². The van der Waals surface area contributed by atoms with E-state index in [-0.39, 0.29) is 5.91 Å². The average molecular weight is 343 g/mol. The van der Waals surface area contributed by atoms with Crippen LogP contribution in [-0.2, 0) is 17.6 Å². The Morgan fingerprint density at radius 3 is 2.87 bits per heavy atom. The van der Waals surface area contributed by atoms with Crippen molar-refractivity contribution >= 4 is 39.9 Å². The van der Waals surface area contributed by atoms with Gasteiger partial charge in [-0.3, -0.25) is 4.79 Å². The molecule has 1 aliphatic rings. The first-order valence-corrected chi connectivity index (χ1v) is 8.66. The van der Waals surface area contributed by atoms with Crippen molar-refractivity contribution in [3.8, 4) is 6.07 Å². The number of anilines is 1. The van der Waals surface area contributed by atoms with Gasteiger partial charge in [0.1, 0.15) is 11.1 Å². The number of benzene rings is 1. The summed E-state index contributed by atoms with van der Waals surface area (Å²) >= 11 is 7.59. The first kappa shape index (κ1) is 15.8. The van der Waals surface area contributed by atoms with E-state index in [1.807, 2.05) is 18.2 Å². The van der Waals surface area contributed by atoms with Crippen LogP contribution in [0.3, 0.4) is 0 Å². The number of nitrogens with zero attached hydrogens (tertiary/aromatic N) is 1. The molecular weight excluding hydrogens is 328 g/mol. The average Bonchev–Trinajstić information content (AvgIpc) is 2.91. The van der Waals surface area contributed by atoms with Crippen LogP contribution in [0.1, 0.15) is 34.4 Å². The minimum Gasteiger partial charge on any atom is -0.313 e. The van der Waals surface area contributed by atoms with Gasteiger partial charge in [-0.05, 0) is 49.0 Å². The van der Waals surface area contributed by atoms with E-state index < -0.39 is 0 Å². The first-order valence-electron chi connectivity index (χ1n) is 7.47. The third-order valence-electron chi connectivity index (χ3n) is 3.84. The second kappa shape index (κ2) is 6.99. The summed E-state index contributed by atoms with van der Waals surface area (Å²) in [5.74, 6) is -0.250. The fourth-order valence-corrected chi connectivity index (χ4v) is 4.14. The van der Waals surface area contributed by atoms with E-state index >= 15 is 0 Å². The van der Waals surface area contributed by atoms with Crippen LogP contribution in [0.5, 0.6) is 0 Å². The number of carbonyl (C=O) groups excluding carboxylic acids is 1. The number of nitriles is 1. The lowest BCUT2D eigenvalue weighted by molar-refractivity contribution is -0.111. The first-order chi connectivity index (χ1) is 11.2. The molecule has 1 N–H and O–H groups in total. The third kappa shape index (κ3) is 3.47. The van der Waals surface area contributed by atoms with Crippen molar-refractivity contribution < 1.29 is 4.79 Å². The second-order valence-corrected chi connectivity index (χ2v) is 6.88. The van der Waals surface area contributed by atoms with Crippen LogP contribution >= 0.6 is 22.9 Å². The summed E-state index contributed by atoms with van der Waals surface area (Å²) in [4.78, 5) is 13.4. The Kier molecular flexibility index (Phi) is 4.80. The van der Waals surface area contributed by atoms with Crippen LogP contribution < -0.4 is 5.32 Å². The van der Waals surface area contributed by atoms with Gasteiger partial charge in [0.2, 0.25) is 5.91 Å². The fraction of sp³-hybridized carbons (Fsp3) is 0.222. The normalized spacial score (nSPS) is 13.6. The largest absolute Gasteiger partial charge is 0.313 e. The van der Waals surface area contributed by atoms with Gasteiger partial charge in [0.15, 0.2) is 0 Å². The molecule has 0 unspecified atom stereocenters. The van der Waals surface area contributed by atoms with Crippen molar-refractivity contribution in [1.29, 1.82) is 5.26 Å². The molecule has 0 fully saturated rings. The van der Waals surface area contributed by atoms with Crippen LogP contribution in [0.2, 0.25) is 5.02 Å². The van der Waals surface area contributed by atoms with Crippen molar-refractivity contribution in [3.05, 3.63) is 56.9 Å². The number of amides is 1. The van der Waals surface area contributed by atoms with Gasteiger partial charge in [0.05, 0.1) is 5.56 Å². The molecule has 0 aliphatic heterocycles. The molecule has 3 nitrogen and oxygen atoms in total. The molecule has 0 saturated carbocycles. The van der Waals surface area contributed by atoms with Crippen LogP contribution in [0.15, 0.2) is 30.3 Å². The van der Waals surface area contributed by atoms with Gasteiger partial charge >= 0.3 is 0 Å². The lowest BCUT2D eigenvalue weighted by atomic mass is 9.96. The van der Waals surface area contributed by atoms with Crippen LogP contribution in [0.25, 0.3) is 6.08 Å². The summed E-state index contributed by atoms with van der Waals surface area (Å²) in [5.41, 5.74) is 2.54. The molecule has 2 aromatic rings. The van der Waals surface area contributed by atoms with E-state index in [0.29, 0.717) is 15.6 Å². The van der Waals surface area contributed by atoms with Gasteiger partial charge in [-0.1, -0.05) is 29.8 Å². The Bertz CT molecular complexity index is 817. The quantitative estimate of drug-likeness (QED) is 0.814. The molecule has 0 bridgehead atoms. The summed E-state index contributed by atoms with van der Waals surface area (Å²) in [6.45, 7) is 0. The number of thiophene rings is 1. The summed E-state index contributed by atoms with van der Waals surface area (Å²) < 4.78 is 0. The zero-order valence-electron chi connectivity index (χ0n) is 12.4. The molecule has 3 rings (SSSR count). The van der Waals surface area contributed by atoms with Crippen molar-refractivity contribution in [2.24, 2.45) is 0 Å². The van der Waals surface area contributed by atoms with E-state index in [2.05, 4.69) is 11.4 Å². The lowest BCUT2D eigenvalue weighted by Crippen LogP contribution is -2.07. The SMILES string of the molecule is N#Cc1c(NC(=O)C=Cc2ccccc2Cl)sc2c1CCCC2. The molecule has 0 spiro atoms. The van der Waals surface area contributed by atoms with Gasteiger partial charge in [-0.25, -0.2) is 0 Å². The second-order valence-electron chi connectivity index (χ2n) is 5.37. The molecule has 1 heterocycles. The predicted molar refractivity (Wildman–Crippen MR) is 94.8 cm³/mol. The molecule has 23 heavy (non-hydrogen) atoms. The maximum atomic E-state index is 12.1. The van der Waals surface area contributed by atoms with Crippen molar-refractivity contribution in [2.75, 3.05) is 5.32 Å². The van der Waals surface area contributed by atoms with Crippen molar-refractivity contribution in [1.82, 2.24) is 0 Å². The highest BCUT2D eigenvalue weighted by atomic mass is 35.5. The van der Waals surface area contributed by atoms with Gasteiger partial charge in [0, 0.05) is 16.0 Å². The number of hydrogen-bond donors (Lipinski definition) is 1.